The van der Waals surface area contributed by atoms with Crippen LogP contribution >= 0.6 is 0 Å². The SMILES string of the molecule is CCCNc1cnc2ccc(C#CCNC(=O)c3ccnn(Cc4ccc(F)c(F)c4)c3=O)cc2n1. The molecule has 1 amide bonds. The Hall–Kier alpha value is -4.65. The van der Waals surface area contributed by atoms with Crippen LogP contribution in [0.5, 0.6) is 0 Å². The molecule has 2 heterocycles. The van der Waals surface area contributed by atoms with Crippen molar-refractivity contribution < 1.29 is 13.6 Å². The maximum Gasteiger partial charge on any atom is 0.279 e. The summed E-state index contributed by atoms with van der Waals surface area (Å²) < 4.78 is 27.6. The van der Waals surface area contributed by atoms with Gasteiger partial charge in [-0.3, -0.25) is 14.6 Å². The van der Waals surface area contributed by atoms with E-state index in [-0.39, 0.29) is 18.7 Å². The fourth-order valence-electron chi connectivity index (χ4n) is 3.34. The van der Waals surface area contributed by atoms with Crippen LogP contribution in [0.1, 0.15) is 34.8 Å². The van der Waals surface area contributed by atoms with Gasteiger partial charge >= 0.3 is 0 Å². The predicted octanol–water partition coefficient (Wildman–Crippen LogP) is 3.12. The zero-order valence-corrected chi connectivity index (χ0v) is 19.4. The fourth-order valence-corrected chi connectivity index (χ4v) is 3.34. The topological polar surface area (TPSA) is 102 Å². The van der Waals surface area contributed by atoms with E-state index in [1.807, 2.05) is 18.2 Å². The molecule has 4 aromatic rings. The second-order valence-electron chi connectivity index (χ2n) is 7.83. The van der Waals surface area contributed by atoms with E-state index in [2.05, 4.69) is 44.5 Å². The Balaban J connectivity index is 1.41. The van der Waals surface area contributed by atoms with Gasteiger partial charge in [0.2, 0.25) is 0 Å². The predicted molar refractivity (Wildman–Crippen MR) is 131 cm³/mol. The number of anilines is 1. The first-order chi connectivity index (χ1) is 17.4. The molecule has 0 unspecified atom stereocenters. The van der Waals surface area contributed by atoms with Crippen molar-refractivity contribution in [2.24, 2.45) is 0 Å². The highest BCUT2D eigenvalue weighted by atomic mass is 19.2. The van der Waals surface area contributed by atoms with Crippen molar-refractivity contribution in [3.05, 3.63) is 93.5 Å². The van der Waals surface area contributed by atoms with Crippen molar-refractivity contribution in [2.75, 3.05) is 18.4 Å². The molecule has 4 rings (SSSR count). The van der Waals surface area contributed by atoms with E-state index >= 15 is 0 Å². The zero-order valence-electron chi connectivity index (χ0n) is 19.4. The number of hydrogen-bond donors (Lipinski definition) is 2. The number of carbonyl (C=O) groups excluding carboxylic acids is 1. The number of rotatable bonds is 7. The summed E-state index contributed by atoms with van der Waals surface area (Å²) in [6.45, 7) is 2.75. The molecule has 0 atom stereocenters. The molecule has 0 radical (unpaired) electrons. The Kier molecular flexibility index (Phi) is 7.60. The summed E-state index contributed by atoms with van der Waals surface area (Å²) in [5, 5.41) is 9.69. The highest BCUT2D eigenvalue weighted by Gasteiger charge is 2.13. The average Bonchev–Trinajstić information content (AvgIpc) is 2.88. The van der Waals surface area contributed by atoms with Gasteiger partial charge < -0.3 is 10.6 Å². The molecule has 0 saturated heterocycles. The molecule has 10 heteroatoms. The van der Waals surface area contributed by atoms with Gasteiger partial charge in [0.15, 0.2) is 11.6 Å². The van der Waals surface area contributed by atoms with Crippen molar-refractivity contribution in [2.45, 2.75) is 19.9 Å². The molecule has 0 aliphatic rings. The molecule has 0 aliphatic carbocycles. The minimum atomic E-state index is -1.03. The number of hydrogen-bond acceptors (Lipinski definition) is 6. The molecule has 0 bridgehead atoms. The molecule has 0 aliphatic heterocycles. The molecule has 182 valence electrons. The number of benzene rings is 2. The largest absolute Gasteiger partial charge is 0.369 e. The summed E-state index contributed by atoms with van der Waals surface area (Å²) in [7, 11) is 0. The number of amides is 1. The number of aromatic nitrogens is 4. The van der Waals surface area contributed by atoms with Gasteiger partial charge in [0, 0.05) is 18.3 Å². The lowest BCUT2D eigenvalue weighted by Crippen LogP contribution is -2.34. The maximum absolute atomic E-state index is 13.5. The van der Waals surface area contributed by atoms with Gasteiger partial charge in [0.25, 0.3) is 11.5 Å². The van der Waals surface area contributed by atoms with Gasteiger partial charge in [-0.2, -0.15) is 5.10 Å². The highest BCUT2D eigenvalue weighted by molar-refractivity contribution is 5.93. The van der Waals surface area contributed by atoms with Gasteiger partial charge in [-0.1, -0.05) is 24.8 Å². The Morgan fingerprint density at radius 2 is 1.94 bits per heavy atom. The lowest BCUT2D eigenvalue weighted by Gasteiger charge is -2.07. The van der Waals surface area contributed by atoms with Gasteiger partial charge in [0.05, 0.1) is 30.3 Å². The van der Waals surface area contributed by atoms with Gasteiger partial charge in [-0.25, -0.2) is 18.4 Å². The summed E-state index contributed by atoms with van der Waals surface area (Å²) >= 11 is 0. The molecule has 2 N–H and O–H groups in total. The number of carbonyl (C=O) groups is 1. The minimum Gasteiger partial charge on any atom is -0.369 e. The fraction of sp³-hybridized carbons (Fsp3) is 0.192. The summed E-state index contributed by atoms with van der Waals surface area (Å²) in [6.07, 6.45) is 3.95. The van der Waals surface area contributed by atoms with Crippen LogP contribution in [0.4, 0.5) is 14.6 Å². The summed E-state index contributed by atoms with van der Waals surface area (Å²) in [6, 6.07) is 10.0. The van der Waals surface area contributed by atoms with Crippen molar-refractivity contribution in [1.29, 1.82) is 0 Å². The van der Waals surface area contributed by atoms with E-state index < -0.39 is 23.1 Å². The Morgan fingerprint density at radius 1 is 1.08 bits per heavy atom. The van der Waals surface area contributed by atoms with Crippen LogP contribution in [-0.4, -0.2) is 38.7 Å². The molecule has 2 aromatic heterocycles. The second kappa shape index (κ2) is 11.2. The van der Waals surface area contributed by atoms with Gasteiger partial charge in [-0.15, -0.1) is 0 Å². The molecule has 0 fully saturated rings. The van der Waals surface area contributed by atoms with E-state index in [9.17, 15) is 18.4 Å². The molecule has 8 nitrogen and oxygen atoms in total. The standard InChI is InChI=1S/C26H22F2N6O2/c1-2-10-29-24-15-31-22-8-6-17(14-23(22)33-24)4-3-11-30-25(35)19-9-12-32-34(26(19)36)16-18-5-7-20(27)21(28)13-18/h5-9,12-15H,2,10-11,16H2,1H3,(H,29,33)(H,30,35). The van der Waals surface area contributed by atoms with Crippen molar-refractivity contribution in [3.8, 4) is 11.8 Å². The molecular formula is C26H22F2N6O2. The molecule has 0 saturated carbocycles. The Morgan fingerprint density at radius 3 is 2.75 bits per heavy atom. The van der Waals surface area contributed by atoms with Crippen LogP contribution in [-0.2, 0) is 6.54 Å². The van der Waals surface area contributed by atoms with Crippen LogP contribution in [0, 0.1) is 23.5 Å². The van der Waals surface area contributed by atoms with Crippen LogP contribution in [0.25, 0.3) is 11.0 Å². The first-order valence-corrected chi connectivity index (χ1v) is 11.2. The van der Waals surface area contributed by atoms with Crippen LogP contribution in [0.2, 0.25) is 0 Å². The lowest BCUT2D eigenvalue weighted by molar-refractivity contribution is 0.0956. The van der Waals surface area contributed by atoms with Crippen LogP contribution in [0.3, 0.4) is 0 Å². The summed E-state index contributed by atoms with van der Waals surface area (Å²) in [5.41, 5.74) is 1.69. The van der Waals surface area contributed by atoms with Gasteiger partial charge in [-0.05, 0) is 48.4 Å². The zero-order chi connectivity index (χ0) is 25.5. The Bertz CT molecular complexity index is 1540. The normalized spacial score (nSPS) is 10.5. The van der Waals surface area contributed by atoms with Gasteiger partial charge in [0.1, 0.15) is 11.4 Å². The van der Waals surface area contributed by atoms with E-state index in [1.165, 1.54) is 18.3 Å². The number of fused-ring (bicyclic) bond motifs is 1. The first-order valence-electron chi connectivity index (χ1n) is 11.2. The monoisotopic (exact) mass is 488 g/mol. The van der Waals surface area contributed by atoms with Crippen molar-refractivity contribution >= 4 is 22.8 Å². The second-order valence-corrected chi connectivity index (χ2v) is 7.83. The highest BCUT2D eigenvalue weighted by Crippen LogP contribution is 2.14. The smallest absolute Gasteiger partial charge is 0.279 e. The van der Waals surface area contributed by atoms with E-state index in [0.717, 1.165) is 35.3 Å². The van der Waals surface area contributed by atoms with Crippen LogP contribution < -0.4 is 16.2 Å². The number of nitrogens with zero attached hydrogens (tertiary/aromatic N) is 4. The number of halogens is 2. The average molecular weight is 488 g/mol. The summed E-state index contributed by atoms with van der Waals surface area (Å²) in [4.78, 5) is 34.1. The van der Waals surface area contributed by atoms with E-state index in [4.69, 9.17) is 0 Å². The van der Waals surface area contributed by atoms with E-state index in [0.29, 0.717) is 22.5 Å². The molecule has 2 aromatic carbocycles. The van der Waals surface area contributed by atoms with Crippen molar-refractivity contribution in [1.82, 2.24) is 25.1 Å². The lowest BCUT2D eigenvalue weighted by atomic mass is 10.2. The van der Waals surface area contributed by atoms with Crippen LogP contribution in [0.15, 0.2) is 59.7 Å². The third-order valence-electron chi connectivity index (χ3n) is 5.14. The summed E-state index contributed by atoms with van der Waals surface area (Å²) in [5.74, 6) is 3.87. The quantitative estimate of drug-likeness (QED) is 0.388. The number of nitrogens with one attached hydrogen (secondary N) is 2. The third kappa shape index (κ3) is 5.88. The molecule has 0 spiro atoms. The molecule has 36 heavy (non-hydrogen) atoms. The molecular weight excluding hydrogens is 466 g/mol. The Labute approximate surface area is 205 Å². The first kappa shape index (κ1) is 24.5. The van der Waals surface area contributed by atoms with Crippen molar-refractivity contribution in [3.63, 3.8) is 0 Å². The third-order valence-corrected chi connectivity index (χ3v) is 5.14. The van der Waals surface area contributed by atoms with E-state index in [1.54, 1.807) is 6.20 Å². The minimum absolute atomic E-state index is 0.00554. The maximum atomic E-state index is 13.5.